The van der Waals surface area contributed by atoms with Gasteiger partial charge in [-0.2, -0.15) is 0 Å². The number of nitrogens with zero attached hydrogens (tertiary/aromatic N) is 3. The van der Waals surface area contributed by atoms with E-state index in [1.165, 1.54) is 6.92 Å². The summed E-state index contributed by atoms with van der Waals surface area (Å²) in [5.74, 6) is -0.0203. The van der Waals surface area contributed by atoms with E-state index in [0.717, 1.165) is 11.2 Å². The third kappa shape index (κ3) is 2.21. The molecule has 0 saturated heterocycles. The monoisotopic (exact) mass is 205 g/mol. The largest absolute Gasteiger partial charge is 0.293 e. The van der Waals surface area contributed by atoms with Crippen LogP contribution in [0.1, 0.15) is 37.0 Å². The van der Waals surface area contributed by atoms with Gasteiger partial charge in [0.15, 0.2) is 5.78 Å². The minimum Gasteiger partial charge on any atom is -0.293 e. The van der Waals surface area contributed by atoms with Gasteiger partial charge in [0.25, 0.3) is 0 Å². The van der Waals surface area contributed by atoms with Crippen LogP contribution < -0.4 is 0 Å². The van der Waals surface area contributed by atoms with Crippen LogP contribution in [0.25, 0.3) is 5.52 Å². The fourth-order valence-corrected chi connectivity index (χ4v) is 1.27. The molecule has 2 heterocycles. The smallest absolute Gasteiger partial charge is 0.180 e. The molecule has 2 aromatic rings. The highest BCUT2D eigenvalue weighted by Gasteiger charge is 2.08. The maximum Gasteiger partial charge on any atom is 0.180 e. The first-order valence-corrected chi connectivity index (χ1v) is 4.99. The first-order valence-electron chi connectivity index (χ1n) is 4.99. The average Bonchev–Trinajstić information content (AvgIpc) is 2.63. The quantitative estimate of drug-likeness (QED) is 0.671. The summed E-state index contributed by atoms with van der Waals surface area (Å²) in [6.45, 7) is 7.40. The molecule has 4 nitrogen and oxygen atoms in total. The summed E-state index contributed by atoms with van der Waals surface area (Å²) in [6.07, 6.45) is 3.25. The second-order valence-electron chi connectivity index (χ2n) is 2.97. The van der Waals surface area contributed by atoms with Crippen molar-refractivity contribution in [1.82, 2.24) is 14.4 Å². The van der Waals surface area contributed by atoms with E-state index in [0.29, 0.717) is 5.69 Å². The number of rotatable bonds is 1. The van der Waals surface area contributed by atoms with Crippen LogP contribution in [0.2, 0.25) is 0 Å². The molecule has 0 unspecified atom stereocenters. The minimum absolute atomic E-state index is 0.0203. The summed E-state index contributed by atoms with van der Waals surface area (Å²) in [5, 5.41) is 0. The molecule has 0 radical (unpaired) electrons. The van der Waals surface area contributed by atoms with E-state index in [1.54, 1.807) is 17.1 Å². The number of aromatic nitrogens is 3. The molecule has 0 aromatic carbocycles. The van der Waals surface area contributed by atoms with Crippen molar-refractivity contribution < 1.29 is 4.79 Å². The van der Waals surface area contributed by atoms with E-state index in [4.69, 9.17) is 0 Å². The van der Waals surface area contributed by atoms with Gasteiger partial charge in [-0.15, -0.1) is 0 Å². The Morgan fingerprint density at radius 1 is 1.27 bits per heavy atom. The number of fused-ring (bicyclic) bond motifs is 1. The van der Waals surface area contributed by atoms with Gasteiger partial charge in [-0.1, -0.05) is 13.8 Å². The Balaban J connectivity index is 0.000000531. The van der Waals surface area contributed by atoms with Crippen molar-refractivity contribution in [3.05, 3.63) is 30.1 Å². The third-order valence-electron chi connectivity index (χ3n) is 1.90. The number of aryl methyl sites for hydroxylation is 1. The fraction of sp³-hybridized carbons (Fsp3) is 0.364. The van der Waals surface area contributed by atoms with E-state index >= 15 is 0 Å². The van der Waals surface area contributed by atoms with Crippen molar-refractivity contribution >= 4 is 11.3 Å². The van der Waals surface area contributed by atoms with E-state index < -0.39 is 0 Å². The van der Waals surface area contributed by atoms with E-state index in [-0.39, 0.29) is 5.78 Å². The topological polar surface area (TPSA) is 47.3 Å². The highest BCUT2D eigenvalue weighted by Crippen LogP contribution is 2.09. The van der Waals surface area contributed by atoms with Gasteiger partial charge in [-0.05, 0) is 13.0 Å². The van der Waals surface area contributed by atoms with Crippen LogP contribution in [0.5, 0.6) is 0 Å². The predicted molar refractivity (Wildman–Crippen MR) is 59.1 cm³/mol. The van der Waals surface area contributed by atoms with Gasteiger partial charge in [0.1, 0.15) is 18.3 Å². The van der Waals surface area contributed by atoms with E-state index in [1.807, 2.05) is 26.8 Å². The number of carbonyl (C=O) groups is 1. The van der Waals surface area contributed by atoms with Gasteiger partial charge < -0.3 is 0 Å². The SMILES string of the molecule is CC.CC(=O)c1ncn2cnc(C)cc12. The van der Waals surface area contributed by atoms with Gasteiger partial charge in [0.2, 0.25) is 0 Å². The molecular formula is C11H15N3O. The van der Waals surface area contributed by atoms with Crippen LogP contribution >= 0.6 is 0 Å². The zero-order valence-electron chi connectivity index (χ0n) is 9.48. The molecule has 2 aromatic heterocycles. The molecule has 15 heavy (non-hydrogen) atoms. The Bertz CT molecular complexity index is 474. The fourth-order valence-electron chi connectivity index (χ4n) is 1.27. The van der Waals surface area contributed by atoms with E-state index in [2.05, 4.69) is 9.97 Å². The van der Waals surface area contributed by atoms with Crippen LogP contribution in [0.4, 0.5) is 0 Å². The molecule has 0 aliphatic carbocycles. The van der Waals surface area contributed by atoms with E-state index in [9.17, 15) is 4.79 Å². The van der Waals surface area contributed by atoms with Gasteiger partial charge >= 0.3 is 0 Å². The summed E-state index contributed by atoms with van der Waals surface area (Å²) in [4.78, 5) is 19.2. The van der Waals surface area contributed by atoms with Gasteiger partial charge in [0, 0.05) is 12.6 Å². The summed E-state index contributed by atoms with van der Waals surface area (Å²) in [7, 11) is 0. The minimum atomic E-state index is -0.0203. The Morgan fingerprint density at radius 3 is 2.47 bits per heavy atom. The lowest BCUT2D eigenvalue weighted by Crippen LogP contribution is -1.94. The number of Topliss-reactive ketones (excluding diaryl/α,β-unsaturated/α-hetero) is 1. The normalized spacial score (nSPS) is 9.60. The molecule has 4 heteroatoms. The first kappa shape index (κ1) is 11.4. The molecule has 0 spiro atoms. The summed E-state index contributed by atoms with van der Waals surface area (Å²) >= 11 is 0. The van der Waals surface area contributed by atoms with Crippen molar-refractivity contribution in [3.63, 3.8) is 0 Å². The van der Waals surface area contributed by atoms with Gasteiger partial charge in [-0.25, -0.2) is 9.97 Å². The lowest BCUT2D eigenvalue weighted by molar-refractivity contribution is 0.101. The first-order chi connectivity index (χ1) is 7.18. The average molecular weight is 205 g/mol. The molecule has 0 aliphatic heterocycles. The van der Waals surface area contributed by atoms with Crippen molar-refractivity contribution in [2.75, 3.05) is 0 Å². The predicted octanol–water partition coefficient (Wildman–Crippen LogP) is 2.27. The second-order valence-corrected chi connectivity index (χ2v) is 2.97. The number of ketones is 1. The zero-order valence-corrected chi connectivity index (χ0v) is 9.48. The van der Waals surface area contributed by atoms with Crippen molar-refractivity contribution in [3.8, 4) is 0 Å². The van der Waals surface area contributed by atoms with Crippen LogP contribution in [0.15, 0.2) is 18.7 Å². The molecule has 0 atom stereocenters. The van der Waals surface area contributed by atoms with Gasteiger partial charge in [0.05, 0.1) is 5.52 Å². The summed E-state index contributed by atoms with van der Waals surface area (Å²) < 4.78 is 1.74. The molecule has 0 saturated carbocycles. The highest BCUT2D eigenvalue weighted by molar-refractivity contribution is 5.98. The third-order valence-corrected chi connectivity index (χ3v) is 1.90. The lowest BCUT2D eigenvalue weighted by Gasteiger charge is -1.95. The molecule has 0 N–H and O–H groups in total. The van der Waals surface area contributed by atoms with Crippen molar-refractivity contribution in [2.24, 2.45) is 0 Å². The summed E-state index contributed by atoms with van der Waals surface area (Å²) in [5.41, 5.74) is 2.21. The van der Waals surface area contributed by atoms with Crippen molar-refractivity contribution in [1.29, 1.82) is 0 Å². The lowest BCUT2D eigenvalue weighted by atomic mass is 10.2. The molecule has 0 fully saturated rings. The molecule has 0 amide bonds. The number of carbonyl (C=O) groups excluding carboxylic acids is 1. The molecular weight excluding hydrogens is 190 g/mol. The molecule has 80 valence electrons. The maximum atomic E-state index is 11.1. The molecule has 0 bridgehead atoms. The van der Waals surface area contributed by atoms with Crippen LogP contribution in [0, 0.1) is 6.92 Å². The van der Waals surface area contributed by atoms with Crippen LogP contribution in [-0.4, -0.2) is 20.2 Å². The van der Waals surface area contributed by atoms with Crippen molar-refractivity contribution in [2.45, 2.75) is 27.7 Å². The molecule has 2 rings (SSSR count). The Labute approximate surface area is 89.0 Å². The number of hydrogen-bond donors (Lipinski definition) is 0. The zero-order chi connectivity index (χ0) is 11.4. The Morgan fingerprint density at radius 2 is 1.87 bits per heavy atom. The van der Waals surface area contributed by atoms with Gasteiger partial charge in [-0.3, -0.25) is 9.20 Å². The Hall–Kier alpha value is -1.71. The number of hydrogen-bond acceptors (Lipinski definition) is 3. The Kier molecular flexibility index (Phi) is 3.55. The standard InChI is InChI=1S/C9H9N3O.C2H6/c1-6-3-8-9(7(2)13)11-5-12(8)4-10-6;1-2/h3-5H,1-2H3;1-2H3. The molecule has 0 aliphatic rings. The summed E-state index contributed by atoms with van der Waals surface area (Å²) in [6, 6.07) is 1.85. The van der Waals surface area contributed by atoms with Crippen LogP contribution in [-0.2, 0) is 0 Å². The van der Waals surface area contributed by atoms with Crippen LogP contribution in [0.3, 0.4) is 0 Å². The number of imidazole rings is 1. The highest BCUT2D eigenvalue weighted by atomic mass is 16.1. The maximum absolute atomic E-state index is 11.1. The second kappa shape index (κ2) is 4.68.